The first kappa shape index (κ1) is 19.2. The summed E-state index contributed by atoms with van der Waals surface area (Å²) in [6.45, 7) is 4.32. The molecule has 136 valence electrons. The Morgan fingerprint density at radius 2 is 2.04 bits per heavy atom. The van der Waals surface area contributed by atoms with E-state index in [9.17, 15) is 9.90 Å². The van der Waals surface area contributed by atoms with E-state index in [-0.39, 0.29) is 5.91 Å². The van der Waals surface area contributed by atoms with Crippen molar-refractivity contribution < 1.29 is 9.90 Å². The van der Waals surface area contributed by atoms with Gasteiger partial charge in [-0.3, -0.25) is 9.48 Å². The summed E-state index contributed by atoms with van der Waals surface area (Å²) in [6.07, 6.45) is 7.13. The maximum atomic E-state index is 12.6. The van der Waals surface area contributed by atoms with Gasteiger partial charge in [0.25, 0.3) is 5.91 Å². The van der Waals surface area contributed by atoms with E-state index in [1.807, 2.05) is 50.8 Å². The molecule has 1 heterocycles. The van der Waals surface area contributed by atoms with Crippen molar-refractivity contribution in [3.05, 3.63) is 53.3 Å². The number of rotatable bonds is 8. The first-order chi connectivity index (χ1) is 11.7. The molecule has 1 aromatic carbocycles. The number of aryl methyl sites for hydroxylation is 3. The average Bonchev–Trinajstić information content (AvgIpc) is 2.97. The Hall–Kier alpha value is -2.14. The summed E-state index contributed by atoms with van der Waals surface area (Å²) in [5.74, 6) is 0.0382. The van der Waals surface area contributed by atoms with Crippen LogP contribution in [0, 0.1) is 0 Å². The van der Waals surface area contributed by atoms with Crippen LogP contribution >= 0.6 is 0 Å². The monoisotopic (exact) mass is 343 g/mol. The molecular weight excluding hydrogens is 314 g/mol. The summed E-state index contributed by atoms with van der Waals surface area (Å²) in [6, 6.07) is 7.71. The second-order valence-corrected chi connectivity index (χ2v) is 7.37. The molecule has 0 saturated carbocycles. The Balaban J connectivity index is 1.88. The molecule has 2 aromatic rings. The number of aliphatic hydroxyl groups is 1. The van der Waals surface area contributed by atoms with E-state index in [0.29, 0.717) is 18.5 Å². The topological polar surface area (TPSA) is 58.4 Å². The molecule has 0 spiro atoms. The highest BCUT2D eigenvalue weighted by molar-refractivity contribution is 5.94. The summed E-state index contributed by atoms with van der Waals surface area (Å²) >= 11 is 0. The fourth-order valence-electron chi connectivity index (χ4n) is 2.75. The summed E-state index contributed by atoms with van der Waals surface area (Å²) in [5.41, 5.74) is 2.29. The van der Waals surface area contributed by atoms with Crippen molar-refractivity contribution in [2.24, 2.45) is 7.05 Å². The highest BCUT2D eigenvalue weighted by atomic mass is 16.3. The van der Waals surface area contributed by atoms with E-state index in [2.05, 4.69) is 5.10 Å². The molecule has 0 aliphatic heterocycles. The molecule has 5 nitrogen and oxygen atoms in total. The predicted octanol–water partition coefficient (Wildman–Crippen LogP) is 2.83. The average molecular weight is 343 g/mol. The third kappa shape index (κ3) is 6.35. The van der Waals surface area contributed by atoms with Crippen molar-refractivity contribution in [2.75, 3.05) is 13.6 Å². The predicted molar refractivity (Wildman–Crippen MR) is 99.6 cm³/mol. The Morgan fingerprint density at radius 3 is 2.68 bits per heavy atom. The molecule has 1 aromatic heterocycles. The second kappa shape index (κ2) is 8.30. The van der Waals surface area contributed by atoms with Gasteiger partial charge in [0.05, 0.1) is 11.8 Å². The van der Waals surface area contributed by atoms with Crippen molar-refractivity contribution in [1.29, 1.82) is 0 Å². The Bertz CT molecular complexity index is 701. The quantitative estimate of drug-likeness (QED) is 0.802. The molecule has 2 rings (SSSR count). The van der Waals surface area contributed by atoms with Crippen LogP contribution in [0.25, 0.3) is 0 Å². The van der Waals surface area contributed by atoms with Crippen LogP contribution in [0.3, 0.4) is 0 Å². The van der Waals surface area contributed by atoms with Crippen LogP contribution in [-0.2, 0) is 19.9 Å². The number of hydrogen-bond donors (Lipinski definition) is 1. The Morgan fingerprint density at radius 1 is 1.28 bits per heavy atom. The zero-order chi connectivity index (χ0) is 18.4. The van der Waals surface area contributed by atoms with Gasteiger partial charge in [0.2, 0.25) is 0 Å². The minimum absolute atomic E-state index is 0.0382. The van der Waals surface area contributed by atoms with Crippen molar-refractivity contribution in [3.63, 3.8) is 0 Å². The molecule has 5 heteroatoms. The molecule has 0 radical (unpaired) electrons. The van der Waals surface area contributed by atoms with Crippen molar-refractivity contribution in [1.82, 2.24) is 14.7 Å². The minimum Gasteiger partial charge on any atom is -0.390 e. The zero-order valence-electron chi connectivity index (χ0n) is 15.7. The molecular formula is C20H29N3O2. The summed E-state index contributed by atoms with van der Waals surface area (Å²) < 4.78 is 1.80. The van der Waals surface area contributed by atoms with Crippen LogP contribution in [-0.4, -0.2) is 44.9 Å². The zero-order valence-corrected chi connectivity index (χ0v) is 15.7. The molecule has 0 aliphatic rings. The van der Waals surface area contributed by atoms with E-state index < -0.39 is 5.60 Å². The second-order valence-electron chi connectivity index (χ2n) is 7.37. The number of benzene rings is 1. The number of amides is 1. The summed E-state index contributed by atoms with van der Waals surface area (Å²) in [7, 11) is 3.75. The third-order valence-corrected chi connectivity index (χ3v) is 4.26. The van der Waals surface area contributed by atoms with E-state index in [4.69, 9.17) is 0 Å². The Kier molecular flexibility index (Phi) is 6.37. The lowest BCUT2D eigenvalue weighted by Crippen LogP contribution is -2.28. The number of carbonyl (C=O) groups is 1. The molecule has 0 saturated heterocycles. The summed E-state index contributed by atoms with van der Waals surface area (Å²) in [5, 5.41) is 14.0. The maximum absolute atomic E-state index is 12.6. The molecule has 0 aliphatic carbocycles. The molecule has 0 atom stereocenters. The Labute approximate surface area is 150 Å². The smallest absolute Gasteiger partial charge is 0.253 e. The van der Waals surface area contributed by atoms with E-state index in [1.165, 1.54) is 5.56 Å². The van der Waals surface area contributed by atoms with Gasteiger partial charge < -0.3 is 10.0 Å². The van der Waals surface area contributed by atoms with Gasteiger partial charge >= 0.3 is 0 Å². The van der Waals surface area contributed by atoms with Crippen LogP contribution in [0.4, 0.5) is 0 Å². The number of carbonyl (C=O) groups excluding carboxylic acids is 1. The largest absolute Gasteiger partial charge is 0.390 e. The molecule has 1 amide bonds. The van der Waals surface area contributed by atoms with Crippen LogP contribution in [0.15, 0.2) is 36.7 Å². The van der Waals surface area contributed by atoms with Gasteiger partial charge in [-0.25, -0.2) is 0 Å². The number of aromatic nitrogens is 2. The van der Waals surface area contributed by atoms with Crippen LogP contribution < -0.4 is 0 Å². The molecule has 0 unspecified atom stereocenters. The number of hydrogen-bond acceptors (Lipinski definition) is 3. The first-order valence-corrected chi connectivity index (χ1v) is 8.79. The van der Waals surface area contributed by atoms with Gasteiger partial charge in [-0.15, -0.1) is 0 Å². The third-order valence-electron chi connectivity index (χ3n) is 4.26. The summed E-state index contributed by atoms with van der Waals surface area (Å²) in [4.78, 5) is 14.4. The van der Waals surface area contributed by atoms with Crippen molar-refractivity contribution in [2.45, 2.75) is 45.1 Å². The van der Waals surface area contributed by atoms with Crippen LogP contribution in [0.5, 0.6) is 0 Å². The fraction of sp³-hybridized carbons (Fsp3) is 0.500. The highest BCUT2D eigenvalue weighted by Crippen LogP contribution is 2.15. The van der Waals surface area contributed by atoms with Gasteiger partial charge in [-0.1, -0.05) is 12.1 Å². The van der Waals surface area contributed by atoms with Gasteiger partial charge in [-0.2, -0.15) is 5.10 Å². The number of nitrogens with zero attached hydrogens (tertiary/aromatic N) is 3. The maximum Gasteiger partial charge on any atom is 0.253 e. The van der Waals surface area contributed by atoms with Crippen molar-refractivity contribution in [3.8, 4) is 0 Å². The van der Waals surface area contributed by atoms with Gasteiger partial charge in [0.15, 0.2) is 0 Å². The van der Waals surface area contributed by atoms with Crippen LogP contribution in [0.1, 0.15) is 48.2 Å². The molecule has 0 bridgehead atoms. The van der Waals surface area contributed by atoms with E-state index in [1.54, 1.807) is 23.4 Å². The molecule has 0 fully saturated rings. The van der Waals surface area contributed by atoms with Gasteiger partial charge in [0.1, 0.15) is 0 Å². The fourth-order valence-corrected chi connectivity index (χ4v) is 2.75. The lowest BCUT2D eigenvalue weighted by atomic mass is 9.98. The SMILES string of the molecule is CN(CCCc1cnn(C)c1)C(=O)c1cccc(CCC(C)(C)O)c1. The van der Waals surface area contributed by atoms with E-state index in [0.717, 1.165) is 24.8 Å². The first-order valence-electron chi connectivity index (χ1n) is 8.79. The lowest BCUT2D eigenvalue weighted by molar-refractivity contribution is 0.0714. The van der Waals surface area contributed by atoms with E-state index >= 15 is 0 Å². The standard InChI is InChI=1S/C20H29N3O2/c1-20(2,25)11-10-16-7-5-9-18(13-16)19(24)22(3)12-6-8-17-14-21-23(4)15-17/h5,7,9,13-15,25H,6,8,10-12H2,1-4H3. The lowest BCUT2D eigenvalue weighted by Gasteiger charge is -2.19. The van der Waals surface area contributed by atoms with Crippen LogP contribution in [0.2, 0.25) is 0 Å². The molecule has 25 heavy (non-hydrogen) atoms. The van der Waals surface area contributed by atoms with Crippen molar-refractivity contribution >= 4 is 5.91 Å². The molecule has 1 N–H and O–H groups in total. The van der Waals surface area contributed by atoms with Gasteiger partial charge in [-0.05, 0) is 62.8 Å². The highest BCUT2D eigenvalue weighted by Gasteiger charge is 2.15. The normalized spacial score (nSPS) is 11.6. The van der Waals surface area contributed by atoms with Gasteiger partial charge in [0, 0.05) is 32.4 Å². The minimum atomic E-state index is -0.691.